The molecular formula is C31H34N6O7. The van der Waals surface area contributed by atoms with E-state index in [4.69, 9.17) is 24.4 Å². The molecule has 0 saturated carbocycles. The molecule has 6 rings (SSSR count). The van der Waals surface area contributed by atoms with Crippen LogP contribution >= 0.6 is 0 Å². The van der Waals surface area contributed by atoms with Crippen LogP contribution in [0.15, 0.2) is 64.1 Å². The summed E-state index contributed by atoms with van der Waals surface area (Å²) in [6, 6.07) is 14.7. The van der Waals surface area contributed by atoms with Gasteiger partial charge in [0.1, 0.15) is 36.9 Å². The van der Waals surface area contributed by atoms with Gasteiger partial charge in [0, 0.05) is 48.3 Å². The van der Waals surface area contributed by atoms with E-state index in [1.807, 2.05) is 42.5 Å². The van der Waals surface area contributed by atoms with Crippen LogP contribution in [0.4, 0.5) is 11.6 Å². The van der Waals surface area contributed by atoms with Crippen LogP contribution in [0.3, 0.4) is 0 Å². The highest BCUT2D eigenvalue weighted by Gasteiger charge is 2.35. The first-order valence-electron chi connectivity index (χ1n) is 14.5. The van der Waals surface area contributed by atoms with Gasteiger partial charge in [-0.3, -0.25) is 4.57 Å². The Hall–Kier alpha value is -4.72. The number of imidazole rings is 1. The van der Waals surface area contributed by atoms with Crippen LogP contribution in [-0.4, -0.2) is 61.6 Å². The molecule has 1 aliphatic heterocycles. The number of anilines is 2. The molecule has 13 heteroatoms. The first-order valence-corrected chi connectivity index (χ1v) is 14.5. The predicted octanol–water partition coefficient (Wildman–Crippen LogP) is 3.16. The molecule has 1 aliphatic rings. The van der Waals surface area contributed by atoms with Gasteiger partial charge >= 0.3 is 5.63 Å². The average molecular weight is 603 g/mol. The van der Waals surface area contributed by atoms with E-state index in [9.17, 15) is 15.0 Å². The van der Waals surface area contributed by atoms with E-state index in [-0.39, 0.29) is 38.1 Å². The summed E-state index contributed by atoms with van der Waals surface area (Å²) in [5, 5.41) is 20.4. The quantitative estimate of drug-likeness (QED) is 0.189. The summed E-state index contributed by atoms with van der Waals surface area (Å²) in [7, 11) is 0. The van der Waals surface area contributed by atoms with Crippen molar-refractivity contribution in [3.63, 3.8) is 0 Å². The number of aromatic nitrogens is 4. The minimum atomic E-state index is -0.804. The normalized spacial score (nSPS) is 18.2. The SMILES string of the molecule is CCN(CC)c1ccc2c(COc3ccc(COc4nc(N)nc5c4ncn5[C@H]4C[C@H](O)[C@@H](CO)O4)cc3)cc(=O)oc2c1. The zero-order chi connectivity index (χ0) is 30.8. The minimum Gasteiger partial charge on any atom is -0.489 e. The lowest BCUT2D eigenvalue weighted by atomic mass is 10.1. The Labute approximate surface area is 252 Å². The molecule has 3 atom stereocenters. The van der Waals surface area contributed by atoms with Crippen LogP contribution < -0.4 is 25.7 Å². The zero-order valence-electron chi connectivity index (χ0n) is 24.4. The van der Waals surface area contributed by atoms with Crippen molar-refractivity contribution in [1.29, 1.82) is 0 Å². The van der Waals surface area contributed by atoms with Gasteiger partial charge in [0.2, 0.25) is 11.8 Å². The van der Waals surface area contributed by atoms with Crippen molar-refractivity contribution in [3.05, 3.63) is 76.4 Å². The Balaban J connectivity index is 1.12. The predicted molar refractivity (Wildman–Crippen MR) is 163 cm³/mol. The zero-order valence-corrected chi connectivity index (χ0v) is 24.4. The Bertz CT molecular complexity index is 1820. The summed E-state index contributed by atoms with van der Waals surface area (Å²) in [6.45, 7) is 5.96. The standard InChI is InChI=1S/C31H34N6O7/c1-3-36(4-2)20-7-10-22-19(11-27(40)44-24(22)12-20)16-41-21-8-5-18(6-9-21)15-42-30-28-29(34-31(32)35-30)37(17-33-28)26-13-23(39)25(14-38)43-26/h5-12,17,23,25-26,38-39H,3-4,13-16H2,1-2H3,(H2,32,34,35)/t23-,25+,26+/m0/s1. The van der Waals surface area contributed by atoms with Gasteiger partial charge in [-0.05, 0) is 43.7 Å². The summed E-state index contributed by atoms with van der Waals surface area (Å²) in [4.78, 5) is 27.4. The number of aliphatic hydroxyl groups is 2. The molecule has 13 nitrogen and oxygen atoms in total. The Morgan fingerprint density at radius 3 is 2.59 bits per heavy atom. The number of nitrogens with two attached hydrogens (primary N) is 1. The highest BCUT2D eigenvalue weighted by Crippen LogP contribution is 2.33. The molecule has 4 N–H and O–H groups in total. The van der Waals surface area contributed by atoms with Crippen molar-refractivity contribution in [3.8, 4) is 11.6 Å². The number of aliphatic hydroxyl groups excluding tert-OH is 2. The van der Waals surface area contributed by atoms with Crippen LogP contribution in [0.1, 0.15) is 37.6 Å². The lowest BCUT2D eigenvalue weighted by Crippen LogP contribution is -2.24. The van der Waals surface area contributed by atoms with E-state index < -0.39 is 24.1 Å². The number of nitrogens with zero attached hydrogens (tertiary/aromatic N) is 5. The van der Waals surface area contributed by atoms with Crippen molar-refractivity contribution in [2.24, 2.45) is 0 Å². The van der Waals surface area contributed by atoms with Crippen molar-refractivity contribution >= 4 is 33.8 Å². The fraction of sp³-hybridized carbons (Fsp3) is 0.355. The third-order valence-corrected chi connectivity index (χ3v) is 7.74. The molecule has 1 saturated heterocycles. The van der Waals surface area contributed by atoms with Crippen LogP contribution in [0.2, 0.25) is 0 Å². The van der Waals surface area contributed by atoms with Gasteiger partial charge in [-0.2, -0.15) is 9.97 Å². The molecule has 230 valence electrons. The van der Waals surface area contributed by atoms with Crippen LogP contribution in [-0.2, 0) is 18.0 Å². The maximum Gasteiger partial charge on any atom is 0.336 e. The summed E-state index contributed by atoms with van der Waals surface area (Å²) in [5.74, 6) is 0.840. The average Bonchev–Trinajstić information content (AvgIpc) is 3.62. The molecule has 0 spiro atoms. The maximum atomic E-state index is 12.3. The minimum absolute atomic E-state index is 0.00185. The maximum absolute atomic E-state index is 12.3. The third-order valence-electron chi connectivity index (χ3n) is 7.74. The van der Waals surface area contributed by atoms with Crippen LogP contribution in [0.5, 0.6) is 11.6 Å². The lowest BCUT2D eigenvalue weighted by Gasteiger charge is -2.21. The lowest BCUT2D eigenvalue weighted by molar-refractivity contribution is -0.0432. The van der Waals surface area contributed by atoms with E-state index in [2.05, 4.69) is 33.7 Å². The second-order valence-corrected chi connectivity index (χ2v) is 10.5. The van der Waals surface area contributed by atoms with Crippen molar-refractivity contribution in [2.45, 2.75) is 51.9 Å². The molecule has 0 aliphatic carbocycles. The van der Waals surface area contributed by atoms with Gasteiger partial charge < -0.3 is 39.5 Å². The van der Waals surface area contributed by atoms with E-state index in [1.165, 1.54) is 12.4 Å². The number of hydrogen-bond donors (Lipinski definition) is 3. The molecular weight excluding hydrogens is 568 g/mol. The Morgan fingerprint density at radius 2 is 1.86 bits per heavy atom. The van der Waals surface area contributed by atoms with E-state index in [0.29, 0.717) is 22.5 Å². The molecule has 44 heavy (non-hydrogen) atoms. The molecule has 0 amide bonds. The van der Waals surface area contributed by atoms with Gasteiger partial charge in [0.25, 0.3) is 0 Å². The summed E-state index contributed by atoms with van der Waals surface area (Å²) in [5.41, 5.74) is 9.46. The van der Waals surface area contributed by atoms with Crippen LogP contribution in [0, 0.1) is 0 Å². The van der Waals surface area contributed by atoms with Crippen molar-refractivity contribution in [2.75, 3.05) is 30.3 Å². The number of nitrogen functional groups attached to an aromatic ring is 1. The second kappa shape index (κ2) is 12.5. The number of fused-ring (bicyclic) bond motifs is 2. The second-order valence-electron chi connectivity index (χ2n) is 10.5. The summed E-state index contributed by atoms with van der Waals surface area (Å²) < 4.78 is 24.9. The molecule has 0 bridgehead atoms. The van der Waals surface area contributed by atoms with E-state index in [0.717, 1.165) is 35.3 Å². The molecule has 0 radical (unpaired) electrons. The number of hydrogen-bond acceptors (Lipinski definition) is 12. The fourth-order valence-corrected chi connectivity index (χ4v) is 5.39. The number of benzene rings is 2. The topological polar surface area (TPSA) is 171 Å². The molecule has 2 aromatic carbocycles. The fourth-order valence-electron chi connectivity index (χ4n) is 5.39. The van der Waals surface area contributed by atoms with Crippen molar-refractivity contribution < 1.29 is 28.8 Å². The highest BCUT2D eigenvalue weighted by atomic mass is 16.5. The van der Waals surface area contributed by atoms with E-state index >= 15 is 0 Å². The molecule has 4 heterocycles. The third kappa shape index (κ3) is 5.89. The largest absolute Gasteiger partial charge is 0.489 e. The first-order chi connectivity index (χ1) is 21.4. The van der Waals surface area contributed by atoms with Gasteiger partial charge in [-0.15, -0.1) is 0 Å². The summed E-state index contributed by atoms with van der Waals surface area (Å²) in [6.07, 6.45) is -0.246. The molecule has 1 fully saturated rings. The molecule has 5 aromatic rings. The smallest absolute Gasteiger partial charge is 0.336 e. The number of rotatable bonds is 11. The number of ether oxygens (including phenoxy) is 3. The Morgan fingerprint density at radius 1 is 1.07 bits per heavy atom. The van der Waals surface area contributed by atoms with Gasteiger partial charge in [-0.25, -0.2) is 9.78 Å². The van der Waals surface area contributed by atoms with Crippen LogP contribution in [0.25, 0.3) is 22.1 Å². The Kier molecular flexibility index (Phi) is 8.33. The first kappa shape index (κ1) is 29.4. The molecule has 3 aromatic heterocycles. The van der Waals surface area contributed by atoms with Gasteiger partial charge in [0.05, 0.1) is 19.0 Å². The summed E-state index contributed by atoms with van der Waals surface area (Å²) >= 11 is 0. The van der Waals surface area contributed by atoms with Gasteiger partial charge in [0.15, 0.2) is 11.2 Å². The van der Waals surface area contributed by atoms with E-state index in [1.54, 1.807) is 4.57 Å². The highest BCUT2D eigenvalue weighted by molar-refractivity contribution is 5.83. The van der Waals surface area contributed by atoms with Gasteiger partial charge in [-0.1, -0.05) is 12.1 Å². The monoisotopic (exact) mass is 602 g/mol. The van der Waals surface area contributed by atoms with Crippen molar-refractivity contribution in [1.82, 2.24) is 19.5 Å². The molecule has 0 unspecified atom stereocenters.